The molecule has 10 heteroatoms. The first-order chi connectivity index (χ1) is 17.3. The van der Waals surface area contributed by atoms with Crippen LogP contribution in [-0.4, -0.2) is 57.2 Å². The van der Waals surface area contributed by atoms with Gasteiger partial charge in [0.15, 0.2) is 11.6 Å². The number of benzene rings is 2. The summed E-state index contributed by atoms with van der Waals surface area (Å²) >= 11 is 0. The molecule has 1 atom stereocenters. The summed E-state index contributed by atoms with van der Waals surface area (Å²) in [5, 5.41) is 0. The van der Waals surface area contributed by atoms with Crippen molar-refractivity contribution in [3.05, 3.63) is 71.4 Å². The van der Waals surface area contributed by atoms with E-state index in [0.717, 1.165) is 42.3 Å². The highest BCUT2D eigenvalue weighted by molar-refractivity contribution is 6.10. The number of halogens is 3. The Labute approximate surface area is 203 Å². The van der Waals surface area contributed by atoms with Crippen molar-refractivity contribution in [1.82, 2.24) is 19.9 Å². The van der Waals surface area contributed by atoms with E-state index in [9.17, 15) is 22.8 Å². The fourth-order valence-electron chi connectivity index (χ4n) is 5.17. The Morgan fingerprint density at radius 3 is 2.75 bits per heavy atom. The average Bonchev–Trinajstić information content (AvgIpc) is 3.61. The molecule has 2 saturated heterocycles. The van der Waals surface area contributed by atoms with Gasteiger partial charge in [0.25, 0.3) is 0 Å². The van der Waals surface area contributed by atoms with Crippen LogP contribution in [0.3, 0.4) is 0 Å². The lowest BCUT2D eigenvalue weighted by atomic mass is 9.99. The van der Waals surface area contributed by atoms with Crippen LogP contribution in [0.4, 0.5) is 18.9 Å². The number of fused-ring (bicyclic) bond motifs is 2. The number of imidazole rings is 1. The first-order valence-corrected chi connectivity index (χ1v) is 11.7. The van der Waals surface area contributed by atoms with Crippen molar-refractivity contribution >= 4 is 28.4 Å². The number of aromatic amines is 2. The number of rotatable bonds is 4. The summed E-state index contributed by atoms with van der Waals surface area (Å²) in [5.41, 5.74) is 1.82. The number of H-pyrrole nitrogens is 2. The van der Waals surface area contributed by atoms with E-state index in [-0.39, 0.29) is 17.5 Å². The van der Waals surface area contributed by atoms with Crippen LogP contribution < -0.4 is 4.90 Å². The average molecular weight is 493 g/mol. The van der Waals surface area contributed by atoms with E-state index in [1.165, 1.54) is 30.5 Å². The van der Waals surface area contributed by atoms with Gasteiger partial charge in [-0.1, -0.05) is 18.2 Å². The number of anilines is 1. The second-order valence-electron chi connectivity index (χ2n) is 9.19. The molecule has 7 nitrogen and oxygen atoms in total. The van der Waals surface area contributed by atoms with Gasteiger partial charge in [0.1, 0.15) is 0 Å². The van der Waals surface area contributed by atoms with Gasteiger partial charge in [-0.15, -0.1) is 0 Å². The van der Waals surface area contributed by atoms with E-state index in [4.69, 9.17) is 0 Å². The molecular weight excluding hydrogens is 471 g/mol. The molecule has 6 rings (SSSR count). The van der Waals surface area contributed by atoms with Gasteiger partial charge >= 0.3 is 6.18 Å². The van der Waals surface area contributed by atoms with Gasteiger partial charge in [-0.3, -0.25) is 9.59 Å². The Hall–Kier alpha value is -4.08. The summed E-state index contributed by atoms with van der Waals surface area (Å²) in [7, 11) is 0. The summed E-state index contributed by atoms with van der Waals surface area (Å²) < 4.78 is 40.1. The summed E-state index contributed by atoms with van der Waals surface area (Å²) in [6, 6.07) is 12.4. The van der Waals surface area contributed by atoms with Crippen molar-refractivity contribution in [2.24, 2.45) is 0 Å². The highest BCUT2D eigenvalue weighted by Crippen LogP contribution is 2.33. The molecule has 0 bridgehead atoms. The van der Waals surface area contributed by atoms with Crippen molar-refractivity contribution < 1.29 is 22.8 Å². The number of hydrogen-bond acceptors (Lipinski definition) is 4. The number of amides is 1. The zero-order valence-corrected chi connectivity index (χ0v) is 19.1. The van der Waals surface area contributed by atoms with E-state index in [2.05, 4.69) is 19.9 Å². The number of nitrogens with one attached hydrogen (secondary N) is 2. The van der Waals surface area contributed by atoms with Gasteiger partial charge < -0.3 is 19.8 Å². The third kappa shape index (κ3) is 3.82. The molecule has 2 aromatic heterocycles. The molecule has 0 aliphatic carbocycles. The van der Waals surface area contributed by atoms with Crippen LogP contribution in [0.25, 0.3) is 22.6 Å². The Morgan fingerprint density at radius 1 is 1.08 bits per heavy atom. The number of carbonyl (C=O) groups is 2. The van der Waals surface area contributed by atoms with Gasteiger partial charge in [0.2, 0.25) is 5.91 Å². The molecule has 1 amide bonds. The fraction of sp³-hybridized carbons (Fsp3) is 0.269. The minimum Gasteiger partial charge on any atom is -0.368 e. The lowest BCUT2D eigenvalue weighted by Gasteiger charge is -2.38. The monoisotopic (exact) mass is 493 g/mol. The first kappa shape index (κ1) is 22.4. The topological polar surface area (TPSA) is 85.1 Å². The van der Waals surface area contributed by atoms with Gasteiger partial charge in [-0.25, -0.2) is 4.98 Å². The quantitative estimate of drug-likeness (QED) is 0.407. The lowest BCUT2D eigenvalue weighted by Crippen LogP contribution is -2.51. The Bertz CT molecular complexity index is 1490. The van der Waals surface area contributed by atoms with Crippen LogP contribution in [0, 0.1) is 0 Å². The predicted octanol–water partition coefficient (Wildman–Crippen LogP) is 4.62. The highest BCUT2D eigenvalue weighted by Gasteiger charge is 2.36. The molecule has 0 radical (unpaired) electrons. The van der Waals surface area contributed by atoms with E-state index in [1.807, 2.05) is 23.1 Å². The molecular formula is C26H22F3N5O2. The fourth-order valence-corrected chi connectivity index (χ4v) is 5.17. The standard InChI is InChI=1S/C26H22F3N5O2/c27-26(28,29)19-4-2-1-3-18(19)24(36)15-11-22(30-13-15)25-31-20-7-5-16(12-21(20)32-25)33-9-10-34-17(14-33)6-8-23(34)35/h1-5,7,11-13,17,30H,6,8-10,14H2,(H,31,32)/t17-/m1/s1. The SMILES string of the molecule is O=C(c1c[nH]c(-c2nc3ccc(N4CCN5C(=O)CC[C@@H]5C4)cc3[nH]2)c1)c1ccccc1C(F)(F)F. The maximum atomic E-state index is 13.4. The van der Waals surface area contributed by atoms with Crippen molar-refractivity contribution in [2.45, 2.75) is 25.1 Å². The van der Waals surface area contributed by atoms with Gasteiger partial charge in [-0.05, 0) is 36.8 Å². The van der Waals surface area contributed by atoms with Gasteiger partial charge in [-0.2, -0.15) is 13.2 Å². The second kappa shape index (κ2) is 8.25. The summed E-state index contributed by atoms with van der Waals surface area (Å²) in [4.78, 5) is 39.9. The maximum Gasteiger partial charge on any atom is 0.417 e. The maximum absolute atomic E-state index is 13.4. The molecule has 184 valence electrons. The van der Waals surface area contributed by atoms with Crippen molar-refractivity contribution in [3.8, 4) is 11.5 Å². The number of nitrogens with zero attached hydrogens (tertiary/aromatic N) is 3. The number of carbonyl (C=O) groups excluding carboxylic acids is 2. The normalized spacial score (nSPS) is 18.2. The van der Waals surface area contributed by atoms with Crippen LogP contribution in [0.2, 0.25) is 0 Å². The summed E-state index contributed by atoms with van der Waals surface area (Å²) in [6.07, 6.45) is -1.73. The highest BCUT2D eigenvalue weighted by atomic mass is 19.4. The van der Waals surface area contributed by atoms with Crippen molar-refractivity contribution in [1.29, 1.82) is 0 Å². The summed E-state index contributed by atoms with van der Waals surface area (Å²) in [6.45, 7) is 2.27. The third-order valence-corrected chi connectivity index (χ3v) is 7.00. The van der Waals surface area contributed by atoms with Crippen LogP contribution in [0.1, 0.15) is 34.3 Å². The van der Waals surface area contributed by atoms with Crippen LogP contribution in [0.5, 0.6) is 0 Å². The largest absolute Gasteiger partial charge is 0.417 e. The number of hydrogen-bond donors (Lipinski definition) is 2. The molecule has 0 saturated carbocycles. The zero-order valence-electron chi connectivity index (χ0n) is 19.1. The van der Waals surface area contributed by atoms with E-state index in [0.29, 0.717) is 24.5 Å². The molecule has 2 aromatic carbocycles. The Balaban J connectivity index is 1.25. The number of alkyl halides is 3. The minimum absolute atomic E-state index is 0.117. The number of ketones is 1. The number of piperazine rings is 1. The Morgan fingerprint density at radius 2 is 1.92 bits per heavy atom. The van der Waals surface area contributed by atoms with Gasteiger partial charge in [0.05, 0.1) is 22.3 Å². The third-order valence-electron chi connectivity index (χ3n) is 7.00. The van der Waals surface area contributed by atoms with E-state index in [1.54, 1.807) is 0 Å². The lowest BCUT2D eigenvalue weighted by molar-refractivity contribution is -0.138. The van der Waals surface area contributed by atoms with Crippen LogP contribution >= 0.6 is 0 Å². The van der Waals surface area contributed by atoms with E-state index >= 15 is 0 Å². The summed E-state index contributed by atoms with van der Waals surface area (Å²) in [5.74, 6) is 0.00359. The molecule has 2 aliphatic rings. The van der Waals surface area contributed by atoms with Crippen molar-refractivity contribution in [2.75, 3.05) is 24.5 Å². The number of aromatic nitrogens is 3. The smallest absolute Gasteiger partial charge is 0.368 e. The second-order valence-corrected chi connectivity index (χ2v) is 9.19. The zero-order chi connectivity index (χ0) is 25.0. The molecule has 2 N–H and O–H groups in total. The molecule has 36 heavy (non-hydrogen) atoms. The minimum atomic E-state index is -4.62. The van der Waals surface area contributed by atoms with Crippen LogP contribution in [-0.2, 0) is 11.0 Å². The molecule has 0 spiro atoms. The molecule has 0 unspecified atom stereocenters. The first-order valence-electron chi connectivity index (χ1n) is 11.7. The van der Waals surface area contributed by atoms with Crippen LogP contribution in [0.15, 0.2) is 54.7 Å². The molecule has 2 fully saturated rings. The molecule has 2 aliphatic heterocycles. The van der Waals surface area contributed by atoms with E-state index < -0.39 is 23.1 Å². The predicted molar refractivity (Wildman–Crippen MR) is 128 cm³/mol. The Kier molecular flexibility index (Phi) is 5.13. The molecule has 4 aromatic rings. The molecule has 4 heterocycles. The van der Waals surface area contributed by atoms with Crippen molar-refractivity contribution in [3.63, 3.8) is 0 Å². The van der Waals surface area contributed by atoms with Gasteiger partial charge in [0, 0.05) is 55.1 Å².